The van der Waals surface area contributed by atoms with E-state index in [-0.39, 0.29) is 34.1 Å². The van der Waals surface area contributed by atoms with Gasteiger partial charge in [-0.1, -0.05) is 0 Å². The van der Waals surface area contributed by atoms with Gasteiger partial charge in [-0.05, 0) is 0 Å². The van der Waals surface area contributed by atoms with Gasteiger partial charge in [-0.15, -0.1) is 0 Å². The first-order valence-electron chi connectivity index (χ1n) is 0.204. The summed E-state index contributed by atoms with van der Waals surface area (Å²) in [5, 5.41) is 0. The van der Waals surface area contributed by atoms with E-state index in [0.29, 0.717) is 0 Å². The van der Waals surface area contributed by atoms with E-state index >= 15 is 0 Å². The molecule has 29 valence electrons. The molecule has 0 heterocycles. The predicted octanol–water partition coefficient (Wildman–Crippen LogP) is 0.262. The van der Waals surface area contributed by atoms with E-state index in [1.807, 2.05) is 0 Å². The fraction of sp³-hybridized carbons (Fsp3) is 0. The molecule has 0 aliphatic rings. The van der Waals surface area contributed by atoms with Crippen LogP contribution in [0.1, 0.15) is 0 Å². The monoisotopic (exact) mass is 359 g/mol. The zero-order chi connectivity index (χ0) is 2.00. The van der Waals surface area contributed by atoms with E-state index in [1.165, 1.54) is 0 Å². The molecule has 4 heavy (non-hydrogen) atoms. The average Bonchev–Trinajstić information content (AvgIpc) is 1.00. The molecule has 0 aromatic heterocycles. The van der Waals surface area contributed by atoms with Crippen molar-refractivity contribution in [1.29, 1.82) is 0 Å². The maximum atomic E-state index is 4.22. The third kappa shape index (κ3) is 8.89. The van der Waals surface area contributed by atoms with Crippen molar-refractivity contribution in [3.63, 3.8) is 0 Å². The Labute approximate surface area is 65.6 Å². The molecule has 0 aromatic carbocycles. The SMILES string of the molecule is [Cu].[Fe].[S]=[Pb]. The van der Waals surface area contributed by atoms with Crippen LogP contribution < -0.4 is 0 Å². The molecule has 4 heteroatoms. The molecule has 0 rings (SSSR count). The molecule has 0 aromatic rings. The molecular formula is CuFePbS. The summed E-state index contributed by atoms with van der Waals surface area (Å²) in [6.07, 6.45) is 0. The molecule has 0 aliphatic heterocycles. The van der Waals surface area contributed by atoms with Crippen molar-refractivity contribution in [2.24, 2.45) is 0 Å². The van der Waals surface area contributed by atoms with Crippen LogP contribution in [0.15, 0.2) is 0 Å². The second-order valence-electron chi connectivity index (χ2n) is 0. The van der Waals surface area contributed by atoms with Crippen LogP contribution in [0.3, 0.4) is 0 Å². The fourth-order valence-corrected chi connectivity index (χ4v) is 0. The quantitative estimate of drug-likeness (QED) is 0.560. The van der Waals surface area contributed by atoms with E-state index in [2.05, 4.69) is 8.65 Å². The van der Waals surface area contributed by atoms with Crippen molar-refractivity contribution in [3.8, 4) is 0 Å². The van der Waals surface area contributed by atoms with Crippen molar-refractivity contribution in [1.82, 2.24) is 0 Å². The summed E-state index contributed by atoms with van der Waals surface area (Å²) in [6, 6.07) is 0. The van der Waals surface area contributed by atoms with Gasteiger partial charge in [-0.25, -0.2) is 0 Å². The molecular weight excluding hydrogens is 359 g/mol. The van der Waals surface area contributed by atoms with Gasteiger partial charge in [0, 0.05) is 34.1 Å². The number of hydrogen-bond acceptors (Lipinski definition) is 1. The van der Waals surface area contributed by atoms with Crippen LogP contribution in [0.25, 0.3) is 0 Å². The summed E-state index contributed by atoms with van der Waals surface area (Å²) in [5.41, 5.74) is 0. The Morgan fingerprint density at radius 3 is 1.25 bits per heavy atom. The second-order valence-corrected chi connectivity index (χ2v) is 0. The van der Waals surface area contributed by atoms with Crippen molar-refractivity contribution >= 4 is 32.3 Å². The molecule has 0 aliphatic carbocycles. The van der Waals surface area contributed by atoms with Gasteiger partial charge < -0.3 is 0 Å². The zero-order valence-electron chi connectivity index (χ0n) is 1.56. The van der Waals surface area contributed by atoms with E-state index in [1.54, 1.807) is 0 Å². The minimum absolute atomic E-state index is 0. The summed E-state index contributed by atoms with van der Waals surface area (Å²) in [4.78, 5) is 0. The zero-order valence-corrected chi connectivity index (χ0v) is 8.31. The summed E-state index contributed by atoms with van der Waals surface area (Å²) in [6.45, 7) is 0. The molecule has 3 radical (unpaired) electrons. The topological polar surface area (TPSA) is 0 Å². The first-order valence-corrected chi connectivity index (χ1v) is 5.37. The van der Waals surface area contributed by atoms with E-state index < -0.39 is 0 Å². The van der Waals surface area contributed by atoms with Crippen LogP contribution in [0.4, 0.5) is 0 Å². The van der Waals surface area contributed by atoms with Crippen molar-refractivity contribution in [2.45, 2.75) is 0 Å². The average molecular weight is 359 g/mol. The Balaban J connectivity index is -0.00000000500. The van der Waals surface area contributed by atoms with Gasteiger partial charge in [0.05, 0.1) is 0 Å². The van der Waals surface area contributed by atoms with Gasteiger partial charge in [0.1, 0.15) is 0 Å². The Hall–Kier alpha value is 2.18. The maximum absolute atomic E-state index is 4.22. The van der Waals surface area contributed by atoms with Gasteiger partial charge in [0.2, 0.25) is 0 Å². The van der Waals surface area contributed by atoms with E-state index in [0.717, 1.165) is 23.7 Å². The normalized spacial score (nSPS) is 1.00. The summed E-state index contributed by atoms with van der Waals surface area (Å²) in [7, 11) is 4.22. The van der Waals surface area contributed by atoms with Crippen molar-refractivity contribution < 1.29 is 34.1 Å². The van der Waals surface area contributed by atoms with Crippen LogP contribution in [-0.2, 0) is 34.1 Å². The van der Waals surface area contributed by atoms with Gasteiger partial charge in [0.15, 0.2) is 0 Å². The Kier molecular flexibility index (Phi) is 78.0. The predicted molar refractivity (Wildman–Crippen MR) is 13.3 cm³/mol. The molecule has 0 spiro atoms. The first-order chi connectivity index (χ1) is 1.00. The molecule has 0 unspecified atom stereocenters. The molecule has 0 fully saturated rings. The molecule has 0 saturated carbocycles. The van der Waals surface area contributed by atoms with Crippen LogP contribution in [0.2, 0.25) is 0 Å². The van der Waals surface area contributed by atoms with Gasteiger partial charge in [-0.3, -0.25) is 0 Å². The van der Waals surface area contributed by atoms with Crippen molar-refractivity contribution in [3.05, 3.63) is 0 Å². The van der Waals surface area contributed by atoms with Crippen molar-refractivity contribution in [2.75, 3.05) is 0 Å². The minimum atomic E-state index is 0. The van der Waals surface area contributed by atoms with Crippen LogP contribution >= 0.6 is 8.65 Å². The third-order valence-corrected chi connectivity index (χ3v) is 0. The molecule has 0 saturated heterocycles. The first kappa shape index (κ1) is 16.4. The van der Waals surface area contributed by atoms with Crippen LogP contribution in [-0.4, -0.2) is 23.7 Å². The molecule has 0 nitrogen and oxygen atoms in total. The summed E-state index contributed by atoms with van der Waals surface area (Å²) < 4.78 is 0. The van der Waals surface area contributed by atoms with Gasteiger partial charge in [-0.2, -0.15) is 0 Å². The third-order valence-electron chi connectivity index (χ3n) is 0. The molecule has 0 N–H and O–H groups in total. The number of hydrogen-bond donors (Lipinski definition) is 0. The summed E-state index contributed by atoms with van der Waals surface area (Å²) in [5.74, 6) is 0. The summed E-state index contributed by atoms with van der Waals surface area (Å²) >= 11 is 0.889. The number of rotatable bonds is 0. The Bertz CT molecular complexity index is 8.00. The standard InChI is InChI=1S/Cu.Fe.Pb.S. The molecule has 0 atom stereocenters. The van der Waals surface area contributed by atoms with Gasteiger partial charge >= 0.3 is 32.3 Å². The van der Waals surface area contributed by atoms with Crippen LogP contribution in [0.5, 0.6) is 0 Å². The Morgan fingerprint density at radius 1 is 1.25 bits per heavy atom. The van der Waals surface area contributed by atoms with Gasteiger partial charge in [0.25, 0.3) is 0 Å². The Morgan fingerprint density at radius 2 is 1.25 bits per heavy atom. The molecule has 0 amide bonds. The second kappa shape index (κ2) is 19.0. The van der Waals surface area contributed by atoms with Crippen LogP contribution in [0, 0.1) is 0 Å². The van der Waals surface area contributed by atoms with E-state index in [4.69, 9.17) is 0 Å². The fourth-order valence-electron chi connectivity index (χ4n) is 0. The van der Waals surface area contributed by atoms with E-state index in [9.17, 15) is 0 Å². The molecule has 0 bridgehead atoms.